The molecule has 0 saturated carbocycles. The van der Waals surface area contributed by atoms with Crippen LogP contribution in [0.4, 0.5) is 4.79 Å². The number of halogens is 2. The Morgan fingerprint density at radius 2 is 2.12 bits per heavy atom. The molecule has 0 spiro atoms. The third-order valence-electron chi connectivity index (χ3n) is 0.305. The van der Waals surface area contributed by atoms with Gasteiger partial charge in [0.15, 0.2) is 0 Å². The zero-order chi connectivity index (χ0) is 6.57. The van der Waals surface area contributed by atoms with Gasteiger partial charge in [-0.05, 0) is 0 Å². The number of nitrogens with one attached hydrogen (secondary N) is 1. The summed E-state index contributed by atoms with van der Waals surface area (Å²) in [6, 6.07) is 0. The predicted molar refractivity (Wildman–Crippen MR) is 30.9 cm³/mol. The first-order valence-electron chi connectivity index (χ1n) is 1.63. The second kappa shape index (κ2) is 3.57. The largest absolute Gasteiger partial charge is 0.465 e. The Hall–Kier alpha value is -0.410. The van der Waals surface area contributed by atoms with E-state index in [4.69, 9.17) is 28.3 Å². The molecule has 2 N–H and O–H groups in total. The third-order valence-corrected chi connectivity index (χ3v) is 0.523. The minimum absolute atomic E-state index is 0.118. The van der Waals surface area contributed by atoms with Crippen molar-refractivity contribution in [3.05, 3.63) is 10.7 Å². The van der Waals surface area contributed by atoms with Gasteiger partial charge in [0.2, 0.25) is 0 Å². The third kappa shape index (κ3) is 5.59. The van der Waals surface area contributed by atoms with Crippen LogP contribution in [0, 0.1) is 0 Å². The summed E-state index contributed by atoms with van der Waals surface area (Å²) in [5.74, 6) is 0. The van der Waals surface area contributed by atoms with E-state index in [0.29, 0.717) is 0 Å². The summed E-state index contributed by atoms with van der Waals surface area (Å²) in [5.41, 5.74) is 0. The van der Waals surface area contributed by atoms with Crippen molar-refractivity contribution < 1.29 is 9.90 Å². The van der Waals surface area contributed by atoms with Crippen molar-refractivity contribution in [1.29, 1.82) is 0 Å². The Kier molecular flexibility index (Phi) is 3.39. The molecule has 1 amide bonds. The first-order chi connectivity index (χ1) is 3.63. The highest BCUT2D eigenvalue weighted by Gasteiger charge is 1.87. The molecule has 46 valence electrons. The average Bonchev–Trinajstić information content (AvgIpc) is 1.61. The first kappa shape index (κ1) is 7.59. The van der Waals surface area contributed by atoms with E-state index in [2.05, 4.69) is 0 Å². The number of hydrogen-bond acceptors (Lipinski definition) is 1. The molecule has 5 heteroatoms. The number of rotatable bonds is 1. The highest BCUT2D eigenvalue weighted by Crippen LogP contribution is 2.02. The molecule has 0 aliphatic rings. The molecule has 0 aromatic carbocycles. The summed E-state index contributed by atoms with van der Waals surface area (Å²) < 4.78 is -0.118. The lowest BCUT2D eigenvalue weighted by atomic mass is 10.9. The van der Waals surface area contributed by atoms with Crippen LogP contribution in [0.1, 0.15) is 0 Å². The van der Waals surface area contributed by atoms with Gasteiger partial charge < -0.3 is 5.11 Å². The summed E-state index contributed by atoms with van der Waals surface area (Å²) in [5, 5.41) is 9.73. The Bertz CT molecular complexity index is 118. The molecule has 0 rings (SSSR count). The maximum atomic E-state index is 9.63. The van der Waals surface area contributed by atoms with E-state index >= 15 is 0 Å². The van der Waals surface area contributed by atoms with Gasteiger partial charge in [0.25, 0.3) is 0 Å². The standard InChI is InChI=1S/C3H3Cl2NO2/c4-2(5)1-6-3(7)8/h1,6H,(H,7,8). The monoisotopic (exact) mass is 155 g/mol. The smallest absolute Gasteiger partial charge is 0.408 e. The number of carboxylic acid groups (broad SMARTS) is 1. The van der Waals surface area contributed by atoms with E-state index in [1.165, 1.54) is 0 Å². The quantitative estimate of drug-likeness (QED) is 0.604. The van der Waals surface area contributed by atoms with Crippen molar-refractivity contribution in [1.82, 2.24) is 5.32 Å². The lowest BCUT2D eigenvalue weighted by Gasteiger charge is -1.86. The van der Waals surface area contributed by atoms with Crippen LogP contribution < -0.4 is 5.32 Å². The molecule has 0 aromatic rings. The molecular weight excluding hydrogens is 153 g/mol. The fourth-order valence-corrected chi connectivity index (χ4v) is 0.225. The van der Waals surface area contributed by atoms with Gasteiger partial charge in [-0.2, -0.15) is 0 Å². The van der Waals surface area contributed by atoms with E-state index in [1.54, 1.807) is 0 Å². The maximum absolute atomic E-state index is 9.63. The second-order valence-corrected chi connectivity index (χ2v) is 1.89. The molecule has 0 heterocycles. The summed E-state index contributed by atoms with van der Waals surface area (Å²) in [7, 11) is 0. The van der Waals surface area contributed by atoms with Crippen LogP contribution in [0.3, 0.4) is 0 Å². The zero-order valence-corrected chi connectivity index (χ0v) is 5.20. The molecule has 0 aliphatic carbocycles. The van der Waals surface area contributed by atoms with Gasteiger partial charge in [-0.1, -0.05) is 23.2 Å². The Morgan fingerprint density at radius 1 is 1.62 bits per heavy atom. The molecule has 0 saturated heterocycles. The molecule has 0 atom stereocenters. The van der Waals surface area contributed by atoms with Gasteiger partial charge >= 0.3 is 6.09 Å². The van der Waals surface area contributed by atoms with Crippen molar-refractivity contribution in [2.24, 2.45) is 0 Å². The number of amides is 1. The Morgan fingerprint density at radius 3 is 2.25 bits per heavy atom. The highest BCUT2D eigenvalue weighted by atomic mass is 35.5. The molecule has 0 unspecified atom stereocenters. The van der Waals surface area contributed by atoms with Gasteiger partial charge in [0, 0.05) is 6.20 Å². The van der Waals surface area contributed by atoms with Crippen LogP contribution in [0.25, 0.3) is 0 Å². The SMILES string of the molecule is O=C(O)NC=C(Cl)Cl. The molecule has 0 aromatic heterocycles. The lowest BCUT2D eigenvalue weighted by Crippen LogP contribution is -2.12. The van der Waals surface area contributed by atoms with Crippen LogP contribution >= 0.6 is 23.2 Å². The fraction of sp³-hybridized carbons (Fsp3) is 0. The summed E-state index contributed by atoms with van der Waals surface area (Å²) in [4.78, 5) is 9.63. The number of carbonyl (C=O) groups is 1. The van der Waals surface area contributed by atoms with Crippen LogP contribution in [0.15, 0.2) is 10.7 Å². The minimum Gasteiger partial charge on any atom is -0.465 e. The molecule has 0 radical (unpaired) electrons. The van der Waals surface area contributed by atoms with Crippen molar-refractivity contribution in [2.45, 2.75) is 0 Å². The van der Waals surface area contributed by atoms with E-state index in [1.807, 2.05) is 5.32 Å². The van der Waals surface area contributed by atoms with Crippen molar-refractivity contribution >= 4 is 29.3 Å². The normalized spacial score (nSPS) is 7.75. The molecular formula is C3H3Cl2NO2. The molecule has 0 fully saturated rings. The maximum Gasteiger partial charge on any atom is 0.408 e. The summed E-state index contributed by atoms with van der Waals surface area (Å²) >= 11 is 10.0. The van der Waals surface area contributed by atoms with Gasteiger partial charge in [-0.25, -0.2) is 4.79 Å². The van der Waals surface area contributed by atoms with Gasteiger partial charge in [0.1, 0.15) is 4.49 Å². The molecule has 8 heavy (non-hydrogen) atoms. The Labute approximate surface area is 55.9 Å². The average molecular weight is 156 g/mol. The van der Waals surface area contributed by atoms with Crippen molar-refractivity contribution in [3.63, 3.8) is 0 Å². The first-order valence-corrected chi connectivity index (χ1v) is 2.39. The second-order valence-electron chi connectivity index (χ2n) is 0.883. The van der Waals surface area contributed by atoms with E-state index in [-0.39, 0.29) is 4.49 Å². The molecule has 0 bridgehead atoms. The molecule has 3 nitrogen and oxygen atoms in total. The minimum atomic E-state index is -1.19. The zero-order valence-electron chi connectivity index (χ0n) is 3.69. The van der Waals surface area contributed by atoms with Crippen molar-refractivity contribution in [3.8, 4) is 0 Å². The fourth-order valence-electron chi connectivity index (χ4n) is 0.116. The summed E-state index contributed by atoms with van der Waals surface area (Å²) in [6.07, 6.45) is -0.227. The highest BCUT2D eigenvalue weighted by molar-refractivity contribution is 6.55. The summed E-state index contributed by atoms with van der Waals surface area (Å²) in [6.45, 7) is 0. The Balaban J connectivity index is 3.45. The van der Waals surface area contributed by atoms with E-state index < -0.39 is 6.09 Å². The van der Waals surface area contributed by atoms with E-state index in [0.717, 1.165) is 6.20 Å². The number of hydrogen-bond donors (Lipinski definition) is 2. The topological polar surface area (TPSA) is 49.3 Å². The predicted octanol–water partition coefficient (Wildman–Crippen LogP) is 1.53. The van der Waals surface area contributed by atoms with Crippen molar-refractivity contribution in [2.75, 3.05) is 0 Å². The van der Waals surface area contributed by atoms with Crippen LogP contribution in [-0.2, 0) is 0 Å². The van der Waals surface area contributed by atoms with Gasteiger partial charge in [0.05, 0.1) is 0 Å². The van der Waals surface area contributed by atoms with E-state index in [9.17, 15) is 4.79 Å². The van der Waals surface area contributed by atoms with Gasteiger partial charge in [-0.3, -0.25) is 5.32 Å². The lowest BCUT2D eigenvalue weighted by molar-refractivity contribution is 0.198. The molecule has 0 aliphatic heterocycles. The van der Waals surface area contributed by atoms with Gasteiger partial charge in [-0.15, -0.1) is 0 Å². The van der Waals surface area contributed by atoms with Crippen LogP contribution in [0.5, 0.6) is 0 Å². The van der Waals surface area contributed by atoms with Crippen LogP contribution in [0.2, 0.25) is 0 Å². The van der Waals surface area contributed by atoms with Crippen LogP contribution in [-0.4, -0.2) is 11.2 Å².